The molecule has 20 heavy (non-hydrogen) atoms. The zero-order valence-electron chi connectivity index (χ0n) is 11.0. The maximum Gasteiger partial charge on any atom is 0.339 e. The maximum atomic E-state index is 11.0. The van der Waals surface area contributed by atoms with Gasteiger partial charge in [0.25, 0.3) is 0 Å². The normalized spacial score (nSPS) is 17.1. The molecule has 5 nitrogen and oxygen atoms in total. The number of ether oxygens (including phenoxy) is 1. The Morgan fingerprint density at radius 2 is 2.20 bits per heavy atom. The Morgan fingerprint density at radius 3 is 2.95 bits per heavy atom. The van der Waals surface area contributed by atoms with Gasteiger partial charge in [-0.3, -0.25) is 0 Å². The van der Waals surface area contributed by atoms with Gasteiger partial charge in [-0.1, -0.05) is 18.2 Å². The summed E-state index contributed by atoms with van der Waals surface area (Å²) in [6, 6.07) is 7.82. The van der Waals surface area contributed by atoms with E-state index in [2.05, 4.69) is 9.97 Å². The molecule has 1 aromatic heterocycles. The van der Waals surface area contributed by atoms with Crippen LogP contribution in [-0.2, 0) is 0 Å². The number of carboxylic acid groups (broad SMARTS) is 1. The van der Waals surface area contributed by atoms with Crippen LogP contribution in [0.4, 0.5) is 0 Å². The minimum Gasteiger partial charge on any atom is -0.493 e. The summed E-state index contributed by atoms with van der Waals surface area (Å²) in [4.78, 5) is 19.6. The second-order valence-electron chi connectivity index (χ2n) is 4.76. The van der Waals surface area contributed by atoms with Crippen molar-refractivity contribution in [2.45, 2.75) is 19.3 Å². The summed E-state index contributed by atoms with van der Waals surface area (Å²) < 4.78 is 5.62. The van der Waals surface area contributed by atoms with Crippen molar-refractivity contribution in [2.24, 2.45) is 0 Å². The number of carboxylic acids is 1. The van der Waals surface area contributed by atoms with Gasteiger partial charge in [-0.2, -0.15) is 0 Å². The highest BCUT2D eigenvalue weighted by Crippen LogP contribution is 2.36. The maximum absolute atomic E-state index is 11.0. The number of rotatable bonds is 2. The van der Waals surface area contributed by atoms with E-state index in [1.807, 2.05) is 24.3 Å². The molecule has 0 fully saturated rings. The summed E-state index contributed by atoms with van der Waals surface area (Å²) in [5.41, 5.74) is 1.70. The Balaban J connectivity index is 2.03. The third kappa shape index (κ3) is 2.11. The van der Waals surface area contributed by atoms with E-state index in [1.165, 1.54) is 6.20 Å². The molecule has 0 saturated carbocycles. The van der Waals surface area contributed by atoms with E-state index >= 15 is 0 Å². The predicted octanol–water partition coefficient (Wildman–Crippen LogP) is 2.40. The number of carbonyl (C=O) groups is 1. The molecule has 1 N–H and O–H groups in total. The number of benzene rings is 1. The van der Waals surface area contributed by atoms with Crippen molar-refractivity contribution in [2.75, 3.05) is 6.61 Å². The van der Waals surface area contributed by atoms with Gasteiger partial charge in [0.2, 0.25) is 0 Å². The summed E-state index contributed by atoms with van der Waals surface area (Å²) in [6.07, 6.45) is 2.18. The molecule has 5 heteroatoms. The van der Waals surface area contributed by atoms with Gasteiger partial charge in [-0.05, 0) is 19.4 Å². The van der Waals surface area contributed by atoms with E-state index in [1.54, 1.807) is 6.92 Å². The molecule has 2 aromatic rings. The van der Waals surface area contributed by atoms with Crippen molar-refractivity contribution in [3.8, 4) is 5.75 Å². The van der Waals surface area contributed by atoms with Crippen LogP contribution in [0.15, 0.2) is 30.5 Å². The summed E-state index contributed by atoms with van der Waals surface area (Å²) >= 11 is 0. The number of nitrogens with zero attached hydrogens (tertiary/aromatic N) is 2. The Kier molecular flexibility index (Phi) is 3.10. The first kappa shape index (κ1) is 12.6. The molecule has 0 bridgehead atoms. The third-order valence-corrected chi connectivity index (χ3v) is 3.50. The van der Waals surface area contributed by atoms with Gasteiger partial charge < -0.3 is 9.84 Å². The molecule has 0 amide bonds. The molecule has 0 spiro atoms. The van der Waals surface area contributed by atoms with Crippen molar-refractivity contribution >= 4 is 5.97 Å². The lowest BCUT2D eigenvalue weighted by Crippen LogP contribution is -2.18. The zero-order valence-corrected chi connectivity index (χ0v) is 11.0. The number of aromatic carboxylic acids is 1. The van der Waals surface area contributed by atoms with Crippen molar-refractivity contribution < 1.29 is 14.6 Å². The molecule has 1 atom stereocenters. The fraction of sp³-hybridized carbons (Fsp3) is 0.267. The molecule has 2 heterocycles. The number of hydrogen-bond acceptors (Lipinski definition) is 4. The van der Waals surface area contributed by atoms with Gasteiger partial charge in [-0.15, -0.1) is 0 Å². The van der Waals surface area contributed by atoms with E-state index in [0.717, 1.165) is 17.7 Å². The molecule has 0 radical (unpaired) electrons. The van der Waals surface area contributed by atoms with Crippen LogP contribution in [0.3, 0.4) is 0 Å². The molecule has 1 unspecified atom stereocenters. The summed E-state index contributed by atoms with van der Waals surface area (Å²) in [6.45, 7) is 2.31. The first-order valence-electron chi connectivity index (χ1n) is 6.45. The molecular weight excluding hydrogens is 256 g/mol. The number of para-hydroxylation sites is 1. The Morgan fingerprint density at radius 1 is 1.40 bits per heavy atom. The fourth-order valence-electron chi connectivity index (χ4n) is 2.47. The second kappa shape index (κ2) is 4.92. The van der Waals surface area contributed by atoms with E-state index in [-0.39, 0.29) is 11.5 Å². The molecule has 1 aromatic carbocycles. The standard InChI is InChI=1S/C15H14N2O3/c1-9-12(15(18)19)8-16-14(17-9)11-6-7-20-13-5-3-2-4-10(11)13/h2-5,8,11H,6-7H2,1H3,(H,18,19). The molecule has 1 aliphatic heterocycles. The van der Waals surface area contributed by atoms with Crippen molar-refractivity contribution in [3.05, 3.63) is 53.1 Å². The van der Waals surface area contributed by atoms with Crippen molar-refractivity contribution in [3.63, 3.8) is 0 Å². The predicted molar refractivity (Wildman–Crippen MR) is 72.1 cm³/mol. The van der Waals surface area contributed by atoms with Crippen LogP contribution in [0, 0.1) is 6.92 Å². The molecule has 3 rings (SSSR count). The van der Waals surface area contributed by atoms with Gasteiger partial charge in [-0.25, -0.2) is 14.8 Å². The summed E-state index contributed by atoms with van der Waals surface area (Å²) in [7, 11) is 0. The average molecular weight is 270 g/mol. The Hall–Kier alpha value is -2.43. The lowest BCUT2D eigenvalue weighted by Gasteiger charge is -2.25. The average Bonchev–Trinajstić information content (AvgIpc) is 2.46. The van der Waals surface area contributed by atoms with E-state index in [4.69, 9.17) is 9.84 Å². The van der Waals surface area contributed by atoms with Crippen LogP contribution in [0.1, 0.15) is 39.8 Å². The van der Waals surface area contributed by atoms with E-state index in [9.17, 15) is 4.79 Å². The highest BCUT2D eigenvalue weighted by Gasteiger charge is 2.25. The van der Waals surface area contributed by atoms with Crippen molar-refractivity contribution in [1.29, 1.82) is 0 Å². The van der Waals surface area contributed by atoms with Crippen molar-refractivity contribution in [1.82, 2.24) is 9.97 Å². The molecule has 1 aliphatic rings. The SMILES string of the molecule is Cc1nc(C2CCOc3ccccc32)ncc1C(=O)O. The number of aryl methyl sites for hydroxylation is 1. The third-order valence-electron chi connectivity index (χ3n) is 3.50. The first-order chi connectivity index (χ1) is 9.66. The van der Waals surface area contributed by atoms with Crippen LogP contribution in [0.2, 0.25) is 0 Å². The van der Waals surface area contributed by atoms with Crippen LogP contribution >= 0.6 is 0 Å². The highest BCUT2D eigenvalue weighted by atomic mass is 16.5. The smallest absolute Gasteiger partial charge is 0.339 e. The van der Waals surface area contributed by atoms with Gasteiger partial charge >= 0.3 is 5.97 Å². The quantitative estimate of drug-likeness (QED) is 0.907. The molecule has 102 valence electrons. The lowest BCUT2D eigenvalue weighted by atomic mass is 9.92. The summed E-state index contributed by atoms with van der Waals surface area (Å²) in [5.74, 6) is 0.568. The second-order valence-corrected chi connectivity index (χ2v) is 4.76. The van der Waals surface area contributed by atoms with Crippen LogP contribution in [-0.4, -0.2) is 27.7 Å². The van der Waals surface area contributed by atoms with Crippen LogP contribution in [0.25, 0.3) is 0 Å². The Bertz CT molecular complexity index is 670. The van der Waals surface area contributed by atoms with Crippen LogP contribution < -0.4 is 4.74 Å². The Labute approximate surface area is 116 Å². The lowest BCUT2D eigenvalue weighted by molar-refractivity contribution is 0.0695. The molecule has 0 saturated heterocycles. The van der Waals surface area contributed by atoms with E-state index < -0.39 is 5.97 Å². The molecule has 0 aliphatic carbocycles. The number of fused-ring (bicyclic) bond motifs is 1. The van der Waals surface area contributed by atoms with Gasteiger partial charge in [0.1, 0.15) is 11.6 Å². The zero-order chi connectivity index (χ0) is 14.1. The van der Waals surface area contributed by atoms with Gasteiger partial charge in [0.15, 0.2) is 0 Å². The minimum atomic E-state index is -0.999. The minimum absolute atomic E-state index is 0.0569. The fourth-order valence-corrected chi connectivity index (χ4v) is 2.47. The number of aromatic nitrogens is 2. The van der Waals surface area contributed by atoms with Crippen LogP contribution in [0.5, 0.6) is 5.75 Å². The first-order valence-corrected chi connectivity index (χ1v) is 6.45. The monoisotopic (exact) mass is 270 g/mol. The topological polar surface area (TPSA) is 72.3 Å². The molecular formula is C15H14N2O3. The van der Waals surface area contributed by atoms with E-state index in [0.29, 0.717) is 18.1 Å². The largest absolute Gasteiger partial charge is 0.493 e. The summed E-state index contributed by atoms with van der Waals surface area (Å²) in [5, 5.41) is 9.02. The van der Waals surface area contributed by atoms with Gasteiger partial charge in [0.05, 0.1) is 23.8 Å². The van der Waals surface area contributed by atoms with Gasteiger partial charge in [0, 0.05) is 11.8 Å². The highest BCUT2D eigenvalue weighted by molar-refractivity contribution is 5.88. The number of hydrogen-bond donors (Lipinski definition) is 1.